The van der Waals surface area contributed by atoms with E-state index in [0.29, 0.717) is 0 Å². The van der Waals surface area contributed by atoms with Crippen LogP contribution in [0.2, 0.25) is 0 Å². The molecule has 2 aromatic carbocycles. The van der Waals surface area contributed by atoms with Gasteiger partial charge in [-0.25, -0.2) is 0 Å². The zero-order valence-corrected chi connectivity index (χ0v) is 14.8. The molecule has 1 atom stereocenters. The first-order chi connectivity index (χ1) is 11.7. The molecule has 0 bridgehead atoms. The molecule has 3 heteroatoms. The SMILES string of the molecule is CCN(CC)C[C@@H](C)OC(=O)C(c1ccccc1)c1ccccc1. The molecule has 0 saturated carbocycles. The highest BCUT2D eigenvalue weighted by atomic mass is 16.5. The molecule has 0 aliphatic carbocycles. The van der Waals surface area contributed by atoms with Crippen molar-refractivity contribution in [1.82, 2.24) is 4.90 Å². The minimum absolute atomic E-state index is 0.132. The van der Waals surface area contributed by atoms with Gasteiger partial charge in [0.15, 0.2) is 0 Å². The molecule has 0 fully saturated rings. The second-order valence-electron chi connectivity index (χ2n) is 5.99. The molecule has 2 aromatic rings. The van der Waals surface area contributed by atoms with Gasteiger partial charge in [0.05, 0.1) is 0 Å². The summed E-state index contributed by atoms with van der Waals surface area (Å²) < 4.78 is 5.77. The molecule has 128 valence electrons. The van der Waals surface area contributed by atoms with Gasteiger partial charge >= 0.3 is 5.97 Å². The first kappa shape index (κ1) is 18.2. The number of rotatable bonds is 8. The van der Waals surface area contributed by atoms with Crippen molar-refractivity contribution in [3.8, 4) is 0 Å². The Bertz CT molecular complexity index is 569. The molecule has 0 spiro atoms. The molecule has 0 heterocycles. The molecule has 0 aromatic heterocycles. The van der Waals surface area contributed by atoms with Crippen molar-refractivity contribution in [2.24, 2.45) is 0 Å². The summed E-state index contributed by atoms with van der Waals surface area (Å²) in [5.41, 5.74) is 1.92. The summed E-state index contributed by atoms with van der Waals surface area (Å²) in [4.78, 5) is 15.1. The summed E-state index contributed by atoms with van der Waals surface area (Å²) >= 11 is 0. The van der Waals surface area contributed by atoms with Gasteiger partial charge in [-0.15, -0.1) is 0 Å². The molecule has 0 saturated heterocycles. The maximum atomic E-state index is 12.9. The first-order valence-corrected chi connectivity index (χ1v) is 8.68. The predicted molar refractivity (Wildman–Crippen MR) is 98.1 cm³/mol. The van der Waals surface area contributed by atoms with E-state index in [4.69, 9.17) is 4.74 Å². The summed E-state index contributed by atoms with van der Waals surface area (Å²) in [6.07, 6.45) is -0.132. The van der Waals surface area contributed by atoms with E-state index < -0.39 is 0 Å². The number of esters is 1. The Morgan fingerprint density at radius 1 is 0.917 bits per heavy atom. The van der Waals surface area contributed by atoms with Crippen LogP contribution in [-0.4, -0.2) is 36.6 Å². The van der Waals surface area contributed by atoms with Crippen LogP contribution in [0.25, 0.3) is 0 Å². The average molecular weight is 325 g/mol. The average Bonchev–Trinajstić information content (AvgIpc) is 2.61. The lowest BCUT2D eigenvalue weighted by molar-refractivity contribution is -0.149. The van der Waals surface area contributed by atoms with Crippen LogP contribution < -0.4 is 0 Å². The normalized spacial score (nSPS) is 12.4. The van der Waals surface area contributed by atoms with Crippen LogP contribution in [0.15, 0.2) is 60.7 Å². The quantitative estimate of drug-likeness (QED) is 0.685. The molecule has 0 aliphatic rings. The molecule has 0 N–H and O–H groups in total. The molecular formula is C21H27NO2. The van der Waals surface area contributed by atoms with Crippen molar-refractivity contribution in [1.29, 1.82) is 0 Å². The molecule has 2 rings (SSSR count). The molecule has 0 unspecified atom stereocenters. The Morgan fingerprint density at radius 3 is 1.79 bits per heavy atom. The van der Waals surface area contributed by atoms with E-state index in [9.17, 15) is 4.79 Å². The summed E-state index contributed by atoms with van der Waals surface area (Å²) in [5.74, 6) is -0.571. The largest absolute Gasteiger partial charge is 0.461 e. The molecule has 3 nitrogen and oxygen atoms in total. The highest BCUT2D eigenvalue weighted by Crippen LogP contribution is 2.26. The van der Waals surface area contributed by atoms with Crippen molar-refractivity contribution in [2.45, 2.75) is 32.8 Å². The fourth-order valence-electron chi connectivity index (χ4n) is 2.90. The lowest BCUT2D eigenvalue weighted by atomic mass is 9.91. The van der Waals surface area contributed by atoms with Crippen molar-refractivity contribution in [3.63, 3.8) is 0 Å². The fourth-order valence-corrected chi connectivity index (χ4v) is 2.90. The third-order valence-corrected chi connectivity index (χ3v) is 4.23. The number of likely N-dealkylation sites (N-methyl/N-ethyl adjacent to an activating group) is 1. The third-order valence-electron chi connectivity index (χ3n) is 4.23. The van der Waals surface area contributed by atoms with Gasteiger partial charge in [-0.05, 0) is 31.1 Å². The maximum Gasteiger partial charge on any atom is 0.318 e. The van der Waals surface area contributed by atoms with Crippen molar-refractivity contribution in [2.75, 3.05) is 19.6 Å². The van der Waals surface area contributed by atoms with Crippen LogP contribution in [-0.2, 0) is 9.53 Å². The highest BCUT2D eigenvalue weighted by molar-refractivity contribution is 5.82. The van der Waals surface area contributed by atoms with Gasteiger partial charge in [0.2, 0.25) is 0 Å². The van der Waals surface area contributed by atoms with Gasteiger partial charge < -0.3 is 9.64 Å². The lowest BCUT2D eigenvalue weighted by Crippen LogP contribution is -2.34. The predicted octanol–water partition coefficient (Wildman–Crippen LogP) is 4.09. The Balaban J connectivity index is 2.17. The number of benzene rings is 2. The number of ether oxygens (including phenoxy) is 1. The number of hydrogen-bond donors (Lipinski definition) is 0. The highest BCUT2D eigenvalue weighted by Gasteiger charge is 2.26. The van der Waals surface area contributed by atoms with E-state index in [1.807, 2.05) is 67.6 Å². The van der Waals surface area contributed by atoms with Gasteiger partial charge in [0, 0.05) is 6.54 Å². The lowest BCUT2D eigenvalue weighted by Gasteiger charge is -2.25. The van der Waals surface area contributed by atoms with E-state index >= 15 is 0 Å². The van der Waals surface area contributed by atoms with Crippen molar-refractivity contribution in [3.05, 3.63) is 71.8 Å². The minimum Gasteiger partial charge on any atom is -0.461 e. The van der Waals surface area contributed by atoms with Gasteiger partial charge in [-0.2, -0.15) is 0 Å². The maximum absolute atomic E-state index is 12.9. The van der Waals surface area contributed by atoms with E-state index in [0.717, 1.165) is 30.8 Å². The number of hydrogen-bond acceptors (Lipinski definition) is 3. The van der Waals surface area contributed by atoms with E-state index in [-0.39, 0.29) is 18.0 Å². The number of nitrogens with zero attached hydrogens (tertiary/aromatic N) is 1. The summed E-state index contributed by atoms with van der Waals surface area (Å²) in [6.45, 7) is 8.88. The van der Waals surface area contributed by atoms with E-state index in [2.05, 4.69) is 18.7 Å². The Morgan fingerprint density at radius 2 is 1.38 bits per heavy atom. The molecule has 0 amide bonds. The summed E-state index contributed by atoms with van der Waals surface area (Å²) in [5, 5.41) is 0. The second kappa shape index (κ2) is 9.24. The summed E-state index contributed by atoms with van der Waals surface area (Å²) in [7, 11) is 0. The third kappa shape index (κ3) is 4.93. The minimum atomic E-state index is -0.383. The van der Waals surface area contributed by atoms with Crippen molar-refractivity contribution < 1.29 is 9.53 Å². The second-order valence-corrected chi connectivity index (χ2v) is 5.99. The Kier molecular flexibility index (Phi) is 7.01. The topological polar surface area (TPSA) is 29.5 Å². The zero-order chi connectivity index (χ0) is 17.4. The smallest absolute Gasteiger partial charge is 0.318 e. The summed E-state index contributed by atoms with van der Waals surface area (Å²) in [6, 6.07) is 19.7. The molecule has 24 heavy (non-hydrogen) atoms. The van der Waals surface area contributed by atoms with Gasteiger partial charge in [0.25, 0.3) is 0 Å². The van der Waals surface area contributed by atoms with Crippen LogP contribution in [0.5, 0.6) is 0 Å². The molecule has 0 radical (unpaired) electrons. The fraction of sp³-hybridized carbons (Fsp3) is 0.381. The zero-order valence-electron chi connectivity index (χ0n) is 14.8. The van der Waals surface area contributed by atoms with Crippen LogP contribution in [0.4, 0.5) is 0 Å². The van der Waals surface area contributed by atoms with Gasteiger partial charge in [0.1, 0.15) is 12.0 Å². The van der Waals surface area contributed by atoms with Crippen LogP contribution >= 0.6 is 0 Å². The van der Waals surface area contributed by atoms with E-state index in [1.54, 1.807) is 0 Å². The number of carbonyl (C=O) groups is 1. The Hall–Kier alpha value is -2.13. The molecular weight excluding hydrogens is 298 g/mol. The van der Waals surface area contributed by atoms with Crippen LogP contribution in [0.3, 0.4) is 0 Å². The van der Waals surface area contributed by atoms with Crippen molar-refractivity contribution >= 4 is 5.97 Å². The van der Waals surface area contributed by atoms with Crippen LogP contribution in [0.1, 0.15) is 37.8 Å². The van der Waals surface area contributed by atoms with Gasteiger partial charge in [-0.1, -0.05) is 74.5 Å². The van der Waals surface area contributed by atoms with E-state index in [1.165, 1.54) is 0 Å². The van der Waals surface area contributed by atoms with Crippen LogP contribution in [0, 0.1) is 0 Å². The Labute approximate surface area is 145 Å². The number of carbonyl (C=O) groups excluding carboxylic acids is 1. The molecule has 0 aliphatic heterocycles. The first-order valence-electron chi connectivity index (χ1n) is 8.68. The van der Waals surface area contributed by atoms with Gasteiger partial charge in [-0.3, -0.25) is 4.79 Å². The standard InChI is InChI=1S/C21H27NO2/c1-4-22(5-2)16-17(3)24-21(23)20(18-12-8-6-9-13-18)19-14-10-7-11-15-19/h6-15,17,20H,4-5,16H2,1-3H3/t17-/m1/s1. The monoisotopic (exact) mass is 325 g/mol.